The summed E-state index contributed by atoms with van der Waals surface area (Å²) in [5.74, 6) is 0. The standard InChI is InChI=1S/C18H22ClP/c19-20(16-10-4-1-5-11-16,17-12-6-2-7-13-17)18-14-8-3-9-15-18/h1-2,4-7,10-13,18,20H,3,8-9,14-15H2. The van der Waals surface area contributed by atoms with Crippen LogP contribution in [0.15, 0.2) is 60.7 Å². The van der Waals surface area contributed by atoms with Gasteiger partial charge in [0.1, 0.15) is 0 Å². The van der Waals surface area contributed by atoms with Crippen molar-refractivity contribution in [2.45, 2.75) is 37.8 Å². The Bertz CT molecular complexity index is 492. The Hall–Kier alpha value is -0.840. The van der Waals surface area contributed by atoms with Crippen LogP contribution in [0.3, 0.4) is 0 Å². The van der Waals surface area contributed by atoms with Gasteiger partial charge in [-0.2, -0.15) is 0 Å². The van der Waals surface area contributed by atoms with Crippen LogP contribution in [0.2, 0.25) is 0 Å². The van der Waals surface area contributed by atoms with Gasteiger partial charge in [0, 0.05) is 0 Å². The molecule has 0 radical (unpaired) electrons. The Labute approximate surface area is 127 Å². The Morgan fingerprint density at radius 2 is 1.15 bits per heavy atom. The molecule has 2 aromatic rings. The molecule has 0 bridgehead atoms. The van der Waals surface area contributed by atoms with Crippen molar-refractivity contribution in [3.05, 3.63) is 60.7 Å². The molecule has 1 aliphatic rings. The summed E-state index contributed by atoms with van der Waals surface area (Å²) < 4.78 is 0. The third-order valence-corrected chi connectivity index (χ3v) is 10.8. The van der Waals surface area contributed by atoms with Crippen LogP contribution in [0.5, 0.6) is 0 Å². The summed E-state index contributed by atoms with van der Waals surface area (Å²) in [6.07, 6.45) is 6.64. The number of halogens is 1. The van der Waals surface area contributed by atoms with Gasteiger partial charge < -0.3 is 0 Å². The number of hydrogen-bond acceptors (Lipinski definition) is 0. The van der Waals surface area contributed by atoms with Gasteiger partial charge in [-0.05, 0) is 0 Å². The van der Waals surface area contributed by atoms with Gasteiger partial charge in [-0.25, -0.2) is 0 Å². The van der Waals surface area contributed by atoms with Gasteiger partial charge in [0.05, 0.1) is 0 Å². The minimum absolute atomic E-state index is 0.669. The van der Waals surface area contributed by atoms with E-state index in [4.69, 9.17) is 11.2 Å². The fourth-order valence-electron chi connectivity index (χ4n) is 3.50. The number of hydrogen-bond donors (Lipinski definition) is 0. The Balaban J connectivity index is 2.07. The van der Waals surface area contributed by atoms with Crippen molar-refractivity contribution in [1.82, 2.24) is 0 Å². The maximum atomic E-state index is 7.41. The molecule has 0 aromatic heterocycles. The molecule has 0 unspecified atom stereocenters. The average Bonchev–Trinajstić information content (AvgIpc) is 2.56. The van der Waals surface area contributed by atoms with Gasteiger partial charge >= 0.3 is 127 Å². The number of rotatable bonds is 3. The molecule has 3 rings (SSSR count). The number of benzene rings is 2. The Kier molecular flexibility index (Phi) is 4.44. The van der Waals surface area contributed by atoms with Crippen molar-refractivity contribution in [1.29, 1.82) is 0 Å². The van der Waals surface area contributed by atoms with E-state index in [0.29, 0.717) is 5.66 Å². The van der Waals surface area contributed by atoms with E-state index in [1.54, 1.807) is 0 Å². The Morgan fingerprint density at radius 1 is 0.700 bits per heavy atom. The second kappa shape index (κ2) is 6.29. The van der Waals surface area contributed by atoms with Crippen molar-refractivity contribution in [2.24, 2.45) is 0 Å². The van der Waals surface area contributed by atoms with E-state index >= 15 is 0 Å². The molecule has 0 heterocycles. The van der Waals surface area contributed by atoms with Crippen LogP contribution >= 0.6 is 17.9 Å². The van der Waals surface area contributed by atoms with Crippen LogP contribution in [-0.2, 0) is 0 Å². The fraction of sp³-hybridized carbons (Fsp3) is 0.333. The second-order valence-corrected chi connectivity index (χ2v) is 11.0. The summed E-state index contributed by atoms with van der Waals surface area (Å²) in [5, 5.41) is 2.75. The molecule has 2 aromatic carbocycles. The third-order valence-electron chi connectivity index (χ3n) is 4.56. The van der Waals surface area contributed by atoms with Gasteiger partial charge in [-0.15, -0.1) is 0 Å². The van der Waals surface area contributed by atoms with Crippen molar-refractivity contribution < 1.29 is 0 Å². The van der Waals surface area contributed by atoms with Crippen LogP contribution in [0.1, 0.15) is 32.1 Å². The van der Waals surface area contributed by atoms with Gasteiger partial charge in [-0.1, -0.05) is 0 Å². The molecule has 1 fully saturated rings. The first-order chi connectivity index (χ1) is 9.82. The van der Waals surface area contributed by atoms with Crippen LogP contribution in [-0.4, -0.2) is 5.66 Å². The maximum absolute atomic E-state index is 7.41. The van der Waals surface area contributed by atoms with E-state index in [-0.39, 0.29) is 0 Å². The van der Waals surface area contributed by atoms with E-state index in [1.165, 1.54) is 42.7 Å². The van der Waals surface area contributed by atoms with Crippen molar-refractivity contribution >= 4 is 28.5 Å². The molecule has 1 saturated carbocycles. The summed E-state index contributed by atoms with van der Waals surface area (Å²) in [6, 6.07) is 21.6. The van der Waals surface area contributed by atoms with E-state index < -0.39 is 6.62 Å². The van der Waals surface area contributed by atoms with Gasteiger partial charge in [-0.3, -0.25) is 0 Å². The first kappa shape index (κ1) is 14.1. The molecule has 106 valence electrons. The first-order valence-corrected chi connectivity index (χ1v) is 10.7. The van der Waals surface area contributed by atoms with Gasteiger partial charge in [0.25, 0.3) is 0 Å². The van der Waals surface area contributed by atoms with E-state index in [9.17, 15) is 0 Å². The van der Waals surface area contributed by atoms with Gasteiger partial charge in [0.2, 0.25) is 0 Å². The quantitative estimate of drug-likeness (QED) is 0.709. The molecule has 20 heavy (non-hydrogen) atoms. The van der Waals surface area contributed by atoms with Crippen molar-refractivity contribution in [3.8, 4) is 0 Å². The molecular formula is C18H22ClP. The predicted molar refractivity (Wildman–Crippen MR) is 93.2 cm³/mol. The molecule has 1 aliphatic carbocycles. The minimum atomic E-state index is -2.13. The monoisotopic (exact) mass is 304 g/mol. The van der Waals surface area contributed by atoms with Gasteiger partial charge in [0.15, 0.2) is 0 Å². The molecule has 0 atom stereocenters. The van der Waals surface area contributed by atoms with Crippen molar-refractivity contribution in [3.63, 3.8) is 0 Å². The summed E-state index contributed by atoms with van der Waals surface area (Å²) in [7, 11) is 0. The molecule has 2 heteroatoms. The zero-order valence-electron chi connectivity index (χ0n) is 11.8. The van der Waals surface area contributed by atoms with Crippen LogP contribution in [0.4, 0.5) is 0 Å². The van der Waals surface area contributed by atoms with E-state index in [1.807, 2.05) is 0 Å². The van der Waals surface area contributed by atoms with Crippen LogP contribution < -0.4 is 10.6 Å². The normalized spacial score (nSPS) is 17.9. The topological polar surface area (TPSA) is 0 Å². The summed E-state index contributed by atoms with van der Waals surface area (Å²) in [5.41, 5.74) is 0.669. The SMILES string of the molecule is Cl[PH](c1ccccc1)(c1ccccc1)C1CCCCC1. The molecule has 0 aliphatic heterocycles. The zero-order valence-corrected chi connectivity index (χ0v) is 13.5. The third kappa shape index (κ3) is 2.65. The second-order valence-electron chi connectivity index (χ2n) is 5.78. The summed E-state index contributed by atoms with van der Waals surface area (Å²) >= 11 is 7.41. The fourth-order valence-corrected chi connectivity index (χ4v) is 8.75. The summed E-state index contributed by atoms with van der Waals surface area (Å²) in [6.45, 7) is -2.13. The Morgan fingerprint density at radius 3 is 1.60 bits per heavy atom. The van der Waals surface area contributed by atoms with Crippen LogP contribution in [0.25, 0.3) is 0 Å². The molecule has 0 amide bonds. The first-order valence-electron chi connectivity index (χ1n) is 7.62. The average molecular weight is 305 g/mol. The van der Waals surface area contributed by atoms with E-state index in [0.717, 1.165) is 0 Å². The molecule has 0 N–H and O–H groups in total. The summed E-state index contributed by atoms with van der Waals surface area (Å²) in [4.78, 5) is 0. The molecule has 0 nitrogen and oxygen atoms in total. The molecular weight excluding hydrogens is 283 g/mol. The molecule has 0 spiro atoms. The zero-order chi connectivity index (χ0) is 13.8. The van der Waals surface area contributed by atoms with Crippen molar-refractivity contribution in [2.75, 3.05) is 0 Å². The van der Waals surface area contributed by atoms with Crippen LogP contribution in [0, 0.1) is 0 Å². The molecule has 0 saturated heterocycles. The van der Waals surface area contributed by atoms with E-state index in [2.05, 4.69) is 60.7 Å². The predicted octanol–water partition coefficient (Wildman–Crippen LogP) is 4.87.